The maximum atomic E-state index is 5.72. The largest absolute Gasteiger partial charge is 0.330 e. The van der Waals surface area contributed by atoms with Gasteiger partial charge in [-0.05, 0) is 44.6 Å². The van der Waals surface area contributed by atoms with Crippen molar-refractivity contribution in [1.29, 1.82) is 0 Å². The lowest BCUT2D eigenvalue weighted by Crippen LogP contribution is -2.24. The molecule has 1 unspecified atom stereocenters. The molecule has 1 aromatic heterocycles. The first-order valence-electron chi connectivity index (χ1n) is 6.94. The summed E-state index contributed by atoms with van der Waals surface area (Å²) in [4.78, 5) is 0. The standard InChI is InChI=1S/C14H28N4/c1-11(2)18-10-16-17-13(18)7-6-12(8-9-15)14(3,4)5/h10-12H,6-9,15H2,1-5H3. The number of aromatic nitrogens is 3. The van der Waals surface area contributed by atoms with Gasteiger partial charge in [0.05, 0.1) is 0 Å². The summed E-state index contributed by atoms with van der Waals surface area (Å²) in [6, 6.07) is 0.428. The number of aryl methyl sites for hydroxylation is 1. The van der Waals surface area contributed by atoms with Gasteiger partial charge in [-0.2, -0.15) is 0 Å². The van der Waals surface area contributed by atoms with E-state index in [1.807, 2.05) is 6.33 Å². The van der Waals surface area contributed by atoms with Crippen LogP contribution >= 0.6 is 0 Å². The molecule has 4 heteroatoms. The summed E-state index contributed by atoms with van der Waals surface area (Å²) in [6.45, 7) is 12.0. The van der Waals surface area contributed by atoms with Crippen LogP contribution in [0.3, 0.4) is 0 Å². The van der Waals surface area contributed by atoms with Crippen molar-refractivity contribution in [2.45, 2.75) is 59.9 Å². The molecule has 4 nitrogen and oxygen atoms in total. The van der Waals surface area contributed by atoms with E-state index in [1.54, 1.807) is 0 Å². The van der Waals surface area contributed by atoms with Crippen LogP contribution in [0.1, 0.15) is 59.3 Å². The fourth-order valence-corrected chi connectivity index (χ4v) is 2.39. The van der Waals surface area contributed by atoms with Crippen molar-refractivity contribution in [1.82, 2.24) is 14.8 Å². The Morgan fingerprint density at radius 2 is 1.94 bits per heavy atom. The van der Waals surface area contributed by atoms with E-state index < -0.39 is 0 Å². The van der Waals surface area contributed by atoms with Crippen molar-refractivity contribution in [3.63, 3.8) is 0 Å². The summed E-state index contributed by atoms with van der Waals surface area (Å²) in [7, 11) is 0. The molecule has 0 bridgehead atoms. The van der Waals surface area contributed by atoms with Gasteiger partial charge >= 0.3 is 0 Å². The molecule has 0 aromatic carbocycles. The van der Waals surface area contributed by atoms with E-state index in [2.05, 4.69) is 49.4 Å². The van der Waals surface area contributed by atoms with Crippen LogP contribution in [0.15, 0.2) is 6.33 Å². The fraction of sp³-hybridized carbons (Fsp3) is 0.857. The first-order valence-corrected chi connectivity index (χ1v) is 6.94. The van der Waals surface area contributed by atoms with Crippen molar-refractivity contribution < 1.29 is 0 Å². The van der Waals surface area contributed by atoms with E-state index in [4.69, 9.17) is 5.73 Å². The molecule has 1 rings (SSSR count). The predicted octanol–water partition coefficient (Wildman–Crippen LogP) is 2.80. The highest BCUT2D eigenvalue weighted by atomic mass is 15.3. The number of hydrogen-bond acceptors (Lipinski definition) is 3. The molecule has 0 fully saturated rings. The Morgan fingerprint density at radius 3 is 2.44 bits per heavy atom. The summed E-state index contributed by atoms with van der Waals surface area (Å²) < 4.78 is 2.15. The number of hydrogen-bond donors (Lipinski definition) is 1. The van der Waals surface area contributed by atoms with Crippen molar-refractivity contribution in [3.05, 3.63) is 12.2 Å². The summed E-state index contributed by atoms with van der Waals surface area (Å²) >= 11 is 0. The zero-order valence-electron chi connectivity index (χ0n) is 12.5. The van der Waals surface area contributed by atoms with Crippen LogP contribution in [0.25, 0.3) is 0 Å². The summed E-state index contributed by atoms with van der Waals surface area (Å²) in [5.74, 6) is 1.73. The normalized spacial score (nSPS) is 14.2. The molecule has 1 heterocycles. The number of nitrogens with two attached hydrogens (primary N) is 1. The third kappa shape index (κ3) is 4.09. The van der Waals surface area contributed by atoms with Gasteiger partial charge in [0.15, 0.2) is 0 Å². The van der Waals surface area contributed by atoms with E-state index in [0.717, 1.165) is 31.6 Å². The zero-order chi connectivity index (χ0) is 13.8. The van der Waals surface area contributed by atoms with E-state index in [9.17, 15) is 0 Å². The SMILES string of the molecule is CC(C)n1cnnc1CCC(CCN)C(C)(C)C. The molecule has 0 saturated heterocycles. The van der Waals surface area contributed by atoms with E-state index in [-0.39, 0.29) is 0 Å². The van der Waals surface area contributed by atoms with Crippen LogP contribution in [-0.4, -0.2) is 21.3 Å². The Kier molecular flexibility index (Phi) is 5.32. The molecule has 0 aliphatic carbocycles. The van der Waals surface area contributed by atoms with E-state index in [1.165, 1.54) is 0 Å². The smallest absolute Gasteiger partial charge is 0.133 e. The summed E-state index contributed by atoms with van der Waals surface area (Å²) in [6.07, 6.45) is 5.03. The molecule has 0 aliphatic rings. The number of nitrogens with zero attached hydrogens (tertiary/aromatic N) is 3. The maximum absolute atomic E-state index is 5.72. The van der Waals surface area contributed by atoms with Crippen LogP contribution in [0, 0.1) is 11.3 Å². The molecule has 0 amide bonds. The Balaban J connectivity index is 2.64. The topological polar surface area (TPSA) is 56.7 Å². The van der Waals surface area contributed by atoms with Gasteiger partial charge in [-0.3, -0.25) is 0 Å². The third-order valence-electron chi connectivity index (χ3n) is 3.66. The van der Waals surface area contributed by atoms with Crippen molar-refractivity contribution in [2.24, 2.45) is 17.1 Å². The highest BCUT2D eigenvalue weighted by Gasteiger charge is 2.24. The summed E-state index contributed by atoms with van der Waals surface area (Å²) in [5.41, 5.74) is 6.03. The molecule has 18 heavy (non-hydrogen) atoms. The quantitative estimate of drug-likeness (QED) is 0.847. The first kappa shape index (κ1) is 15.2. The fourth-order valence-electron chi connectivity index (χ4n) is 2.39. The van der Waals surface area contributed by atoms with Gasteiger partial charge in [0.25, 0.3) is 0 Å². The van der Waals surface area contributed by atoms with Gasteiger partial charge in [0.1, 0.15) is 12.2 Å². The van der Waals surface area contributed by atoms with Gasteiger partial charge in [-0.25, -0.2) is 0 Å². The average Bonchev–Trinajstić information content (AvgIpc) is 2.70. The molecular formula is C14H28N4. The zero-order valence-corrected chi connectivity index (χ0v) is 12.5. The Bertz CT molecular complexity index is 349. The third-order valence-corrected chi connectivity index (χ3v) is 3.66. The second kappa shape index (κ2) is 6.32. The minimum absolute atomic E-state index is 0.308. The van der Waals surface area contributed by atoms with Gasteiger partial charge < -0.3 is 10.3 Å². The first-order chi connectivity index (χ1) is 8.36. The second-order valence-electron chi connectivity index (χ2n) is 6.43. The van der Waals surface area contributed by atoms with Gasteiger partial charge in [0.2, 0.25) is 0 Å². The van der Waals surface area contributed by atoms with Gasteiger partial charge in [-0.15, -0.1) is 10.2 Å². The minimum atomic E-state index is 0.308. The molecule has 0 saturated carbocycles. The molecule has 0 radical (unpaired) electrons. The Hall–Kier alpha value is -0.900. The molecular weight excluding hydrogens is 224 g/mol. The highest BCUT2D eigenvalue weighted by Crippen LogP contribution is 2.32. The van der Waals surface area contributed by atoms with Crippen molar-refractivity contribution >= 4 is 0 Å². The van der Waals surface area contributed by atoms with Crippen LogP contribution < -0.4 is 5.73 Å². The molecule has 1 atom stereocenters. The van der Waals surface area contributed by atoms with E-state index in [0.29, 0.717) is 17.4 Å². The Morgan fingerprint density at radius 1 is 1.28 bits per heavy atom. The Labute approximate surface area is 111 Å². The van der Waals surface area contributed by atoms with E-state index >= 15 is 0 Å². The van der Waals surface area contributed by atoms with Crippen molar-refractivity contribution in [3.8, 4) is 0 Å². The molecule has 104 valence electrons. The maximum Gasteiger partial charge on any atom is 0.133 e. The monoisotopic (exact) mass is 252 g/mol. The molecule has 0 aliphatic heterocycles. The van der Waals surface area contributed by atoms with Crippen molar-refractivity contribution in [2.75, 3.05) is 6.54 Å². The minimum Gasteiger partial charge on any atom is -0.330 e. The van der Waals surface area contributed by atoms with Crippen LogP contribution in [0.2, 0.25) is 0 Å². The predicted molar refractivity (Wildman–Crippen MR) is 75.3 cm³/mol. The lowest BCUT2D eigenvalue weighted by Gasteiger charge is -2.30. The average molecular weight is 252 g/mol. The lowest BCUT2D eigenvalue weighted by molar-refractivity contribution is 0.213. The molecule has 2 N–H and O–H groups in total. The van der Waals surface area contributed by atoms with Crippen LogP contribution in [0.5, 0.6) is 0 Å². The van der Waals surface area contributed by atoms with Crippen LogP contribution in [0.4, 0.5) is 0 Å². The lowest BCUT2D eigenvalue weighted by atomic mass is 9.76. The molecule has 1 aromatic rings. The summed E-state index contributed by atoms with van der Waals surface area (Å²) in [5, 5.41) is 8.25. The highest BCUT2D eigenvalue weighted by molar-refractivity contribution is 4.90. The van der Waals surface area contributed by atoms with Crippen LogP contribution in [-0.2, 0) is 6.42 Å². The van der Waals surface area contributed by atoms with Gasteiger partial charge in [-0.1, -0.05) is 20.8 Å². The number of rotatable bonds is 6. The second-order valence-corrected chi connectivity index (χ2v) is 6.43. The molecule has 0 spiro atoms. The van der Waals surface area contributed by atoms with Gasteiger partial charge in [0, 0.05) is 12.5 Å².